The summed E-state index contributed by atoms with van der Waals surface area (Å²) in [4.78, 5) is 0.261. The topological polar surface area (TPSA) is 59.8 Å². The van der Waals surface area contributed by atoms with Gasteiger partial charge in [0, 0.05) is 35.1 Å². The van der Waals surface area contributed by atoms with Crippen LogP contribution in [0.2, 0.25) is 0 Å². The van der Waals surface area contributed by atoms with Gasteiger partial charge in [-0.3, -0.25) is 0 Å². The van der Waals surface area contributed by atoms with Gasteiger partial charge in [-0.05, 0) is 61.7 Å². The molecule has 1 aromatic heterocycles. The molecule has 7 heteroatoms. The second-order valence-electron chi connectivity index (χ2n) is 8.15. The van der Waals surface area contributed by atoms with Crippen molar-refractivity contribution in [3.8, 4) is 0 Å². The molecule has 0 saturated carbocycles. The monoisotopic (exact) mass is 541 g/mol. The van der Waals surface area contributed by atoms with Crippen LogP contribution in [0.3, 0.4) is 0 Å². The highest BCUT2D eigenvalue weighted by Crippen LogP contribution is 2.30. The highest BCUT2D eigenvalue weighted by Gasteiger charge is 2.26. The first-order valence-electron chi connectivity index (χ1n) is 11.3. The van der Waals surface area contributed by atoms with E-state index in [-0.39, 0.29) is 4.90 Å². The van der Waals surface area contributed by atoms with Crippen molar-refractivity contribution in [1.82, 2.24) is 4.31 Å². The number of hydrogen-bond acceptors (Lipinski definition) is 4. The van der Waals surface area contributed by atoms with Crippen LogP contribution in [0.5, 0.6) is 0 Å². The van der Waals surface area contributed by atoms with Crippen LogP contribution in [0.1, 0.15) is 29.4 Å². The fourth-order valence-corrected chi connectivity index (χ4v) is 5.59. The van der Waals surface area contributed by atoms with Crippen molar-refractivity contribution in [3.63, 3.8) is 0 Å². The smallest absolute Gasteiger partial charge is 0.243 e. The third-order valence-corrected chi connectivity index (χ3v) is 8.22. The van der Waals surface area contributed by atoms with Crippen LogP contribution in [0.15, 0.2) is 86.6 Å². The Bertz CT molecular complexity index is 1350. The Hall–Kier alpha value is -2.45. The first kappa shape index (κ1) is 24.7. The zero-order valence-corrected chi connectivity index (χ0v) is 21.7. The van der Waals surface area contributed by atoms with Crippen molar-refractivity contribution in [2.45, 2.75) is 38.3 Å². The Kier molecular flexibility index (Phi) is 7.88. The Morgan fingerprint density at radius 3 is 2.41 bits per heavy atom. The highest BCUT2D eigenvalue weighted by molar-refractivity contribution is 9.10. The molecule has 178 valence electrons. The lowest BCUT2D eigenvalue weighted by Crippen LogP contribution is -2.32. The van der Waals surface area contributed by atoms with Crippen LogP contribution in [-0.4, -0.2) is 25.9 Å². The average Bonchev–Trinajstić information content (AvgIpc) is 3.17. The summed E-state index contributed by atoms with van der Waals surface area (Å²) in [5.74, 6) is 0.724. The zero-order valence-electron chi connectivity index (χ0n) is 19.3. The summed E-state index contributed by atoms with van der Waals surface area (Å²) in [5.41, 5.74) is 3.60. The van der Waals surface area contributed by atoms with Crippen molar-refractivity contribution in [2.24, 2.45) is 0 Å². The van der Waals surface area contributed by atoms with E-state index in [0.29, 0.717) is 38.3 Å². The van der Waals surface area contributed by atoms with Crippen LogP contribution >= 0.6 is 15.9 Å². The van der Waals surface area contributed by atoms with Crippen LogP contribution in [0, 0.1) is 6.92 Å². The van der Waals surface area contributed by atoms with Gasteiger partial charge in [-0.25, -0.2) is 8.42 Å². The number of ether oxygens (including phenoxy) is 1. The molecule has 4 rings (SSSR count). The van der Waals surface area contributed by atoms with E-state index in [1.807, 2.05) is 68.4 Å². The molecule has 0 atom stereocenters. The second-order valence-corrected chi connectivity index (χ2v) is 11.0. The molecule has 0 radical (unpaired) electrons. The molecule has 0 aliphatic heterocycles. The minimum absolute atomic E-state index is 0.261. The van der Waals surface area contributed by atoms with Gasteiger partial charge in [0.05, 0.1) is 4.90 Å². The molecule has 34 heavy (non-hydrogen) atoms. The van der Waals surface area contributed by atoms with Gasteiger partial charge in [-0.15, -0.1) is 0 Å². The summed E-state index contributed by atoms with van der Waals surface area (Å²) >= 11 is 3.45. The number of halogens is 1. The largest absolute Gasteiger partial charge is 0.458 e. The van der Waals surface area contributed by atoms with Gasteiger partial charge in [-0.1, -0.05) is 58.4 Å². The lowest BCUT2D eigenvalue weighted by molar-refractivity contribution is 0.119. The summed E-state index contributed by atoms with van der Waals surface area (Å²) < 4.78 is 41.5. The van der Waals surface area contributed by atoms with Crippen molar-refractivity contribution in [3.05, 3.63) is 99.7 Å². The number of furan rings is 1. The highest BCUT2D eigenvalue weighted by atomic mass is 79.9. The number of nitrogens with zero attached hydrogens (tertiary/aromatic N) is 1. The molecule has 0 unspecified atom stereocenters. The zero-order chi connectivity index (χ0) is 24.1. The quantitative estimate of drug-likeness (QED) is 0.230. The van der Waals surface area contributed by atoms with E-state index >= 15 is 0 Å². The molecule has 0 aliphatic carbocycles. The maximum Gasteiger partial charge on any atom is 0.243 e. The molecule has 5 nitrogen and oxygen atoms in total. The molecular weight excluding hydrogens is 514 g/mol. The second kappa shape index (κ2) is 10.9. The lowest BCUT2D eigenvalue weighted by Gasteiger charge is -2.23. The van der Waals surface area contributed by atoms with Crippen molar-refractivity contribution < 1.29 is 17.6 Å². The summed E-state index contributed by atoms with van der Waals surface area (Å²) in [6.07, 6.45) is 0.627. The standard InChI is InChI=1S/C27H28BrNO4S/c1-3-32-19-27-20(2)25-17-24(13-14-26(25)33-27)34(30,31)29(16-15-21-7-5-4-6-8-21)18-22-9-11-23(28)12-10-22/h4-14,17H,3,15-16,18-19H2,1-2H3. The van der Waals surface area contributed by atoms with Gasteiger partial charge >= 0.3 is 0 Å². The fourth-order valence-electron chi connectivity index (χ4n) is 3.87. The van der Waals surface area contributed by atoms with Gasteiger partial charge in [0.1, 0.15) is 18.0 Å². The predicted octanol–water partition coefficient (Wildman–Crippen LogP) is 6.47. The van der Waals surface area contributed by atoms with Crippen LogP contribution in [0.25, 0.3) is 11.0 Å². The molecule has 0 bridgehead atoms. The molecule has 0 spiro atoms. The Morgan fingerprint density at radius 1 is 0.971 bits per heavy atom. The van der Waals surface area contributed by atoms with Crippen LogP contribution in [0.4, 0.5) is 0 Å². The van der Waals surface area contributed by atoms with E-state index in [1.165, 1.54) is 0 Å². The van der Waals surface area contributed by atoms with E-state index in [1.54, 1.807) is 22.5 Å². The summed E-state index contributed by atoms with van der Waals surface area (Å²) in [5, 5.41) is 0.794. The first-order valence-corrected chi connectivity index (χ1v) is 13.5. The number of rotatable bonds is 10. The first-order chi connectivity index (χ1) is 16.4. The van der Waals surface area contributed by atoms with Gasteiger partial charge in [0.15, 0.2) is 0 Å². The summed E-state index contributed by atoms with van der Waals surface area (Å²) in [6.45, 7) is 5.49. The Balaban J connectivity index is 1.67. The molecule has 0 saturated heterocycles. The third-order valence-electron chi connectivity index (χ3n) is 5.85. The molecule has 0 N–H and O–H groups in total. The SMILES string of the molecule is CCOCc1oc2ccc(S(=O)(=O)N(CCc3ccccc3)Cc3ccc(Br)cc3)cc2c1C. The minimum Gasteiger partial charge on any atom is -0.458 e. The molecule has 0 fully saturated rings. The number of hydrogen-bond donors (Lipinski definition) is 0. The van der Waals surface area contributed by atoms with Crippen LogP contribution in [-0.2, 0) is 34.3 Å². The Labute approximate surface area is 209 Å². The van der Waals surface area contributed by atoms with Gasteiger partial charge < -0.3 is 9.15 Å². The van der Waals surface area contributed by atoms with Crippen molar-refractivity contribution in [2.75, 3.05) is 13.2 Å². The molecule has 1 heterocycles. The molecule has 3 aromatic carbocycles. The minimum atomic E-state index is -3.75. The van der Waals surface area contributed by atoms with Crippen LogP contribution < -0.4 is 0 Å². The van der Waals surface area contributed by atoms with Crippen molar-refractivity contribution in [1.29, 1.82) is 0 Å². The van der Waals surface area contributed by atoms with E-state index in [0.717, 1.165) is 32.3 Å². The molecule has 0 amide bonds. The van der Waals surface area contributed by atoms with E-state index in [9.17, 15) is 8.42 Å². The Morgan fingerprint density at radius 2 is 1.71 bits per heavy atom. The number of aryl methyl sites for hydroxylation is 1. The number of fused-ring (bicyclic) bond motifs is 1. The predicted molar refractivity (Wildman–Crippen MR) is 138 cm³/mol. The molecule has 0 aliphatic rings. The van der Waals surface area contributed by atoms with E-state index in [2.05, 4.69) is 15.9 Å². The normalized spacial score (nSPS) is 12.0. The number of benzene rings is 3. The van der Waals surface area contributed by atoms with Gasteiger partial charge in [0.2, 0.25) is 10.0 Å². The van der Waals surface area contributed by atoms with Crippen molar-refractivity contribution >= 4 is 36.9 Å². The summed E-state index contributed by atoms with van der Waals surface area (Å²) in [7, 11) is -3.75. The van der Waals surface area contributed by atoms with E-state index < -0.39 is 10.0 Å². The average molecular weight is 542 g/mol. The molecule has 4 aromatic rings. The number of sulfonamides is 1. The third kappa shape index (κ3) is 5.61. The maximum atomic E-state index is 13.8. The van der Waals surface area contributed by atoms with Gasteiger partial charge in [-0.2, -0.15) is 4.31 Å². The van der Waals surface area contributed by atoms with Gasteiger partial charge in [0.25, 0.3) is 0 Å². The fraction of sp³-hybridized carbons (Fsp3) is 0.259. The molecular formula is C27H28BrNO4S. The lowest BCUT2D eigenvalue weighted by atomic mass is 10.1. The van der Waals surface area contributed by atoms with E-state index in [4.69, 9.17) is 9.15 Å². The maximum absolute atomic E-state index is 13.8. The summed E-state index contributed by atoms with van der Waals surface area (Å²) in [6, 6.07) is 22.8.